The second kappa shape index (κ2) is 4.34. The largest absolute Gasteiger partial charge is 0.507 e. The first-order valence-corrected chi connectivity index (χ1v) is 5.50. The molecule has 0 spiro atoms. The maximum atomic E-state index is 9.92. The average Bonchev–Trinajstić information content (AvgIpc) is 2.32. The van der Waals surface area contributed by atoms with Crippen LogP contribution in [0, 0.1) is 6.92 Å². The molecule has 0 aliphatic rings. The van der Waals surface area contributed by atoms with Crippen molar-refractivity contribution >= 4 is 22.4 Å². The highest BCUT2D eigenvalue weighted by atomic mass is 35.5. The minimum atomic E-state index is 0.125. The van der Waals surface area contributed by atoms with E-state index in [-0.39, 0.29) is 5.75 Å². The number of phenolic OH excluding ortho intramolecular Hbond substituents is 1. The normalized spacial score (nSPS) is 10.6. The molecule has 4 heteroatoms. The number of rotatable bonds is 2. The fourth-order valence-corrected chi connectivity index (χ4v) is 2.24. The highest BCUT2D eigenvalue weighted by Crippen LogP contribution is 2.44. The molecule has 0 atom stereocenters. The van der Waals surface area contributed by atoms with Crippen molar-refractivity contribution in [2.75, 3.05) is 14.2 Å². The van der Waals surface area contributed by atoms with Crippen LogP contribution >= 0.6 is 11.6 Å². The van der Waals surface area contributed by atoms with Gasteiger partial charge in [0.05, 0.1) is 30.0 Å². The topological polar surface area (TPSA) is 38.7 Å². The van der Waals surface area contributed by atoms with Gasteiger partial charge >= 0.3 is 0 Å². The third-order valence-corrected chi connectivity index (χ3v) is 3.05. The Labute approximate surface area is 105 Å². The SMILES string of the molecule is COc1cc(C)c(OC)c2c(Cl)ccc(O)c12. The fraction of sp³-hybridized carbons (Fsp3) is 0.231. The van der Waals surface area contributed by atoms with Gasteiger partial charge in [0, 0.05) is 0 Å². The molecule has 0 bridgehead atoms. The first-order valence-electron chi connectivity index (χ1n) is 5.13. The van der Waals surface area contributed by atoms with Crippen LogP contribution in [0.15, 0.2) is 18.2 Å². The van der Waals surface area contributed by atoms with Crippen molar-refractivity contribution in [2.24, 2.45) is 0 Å². The van der Waals surface area contributed by atoms with Crippen molar-refractivity contribution in [1.82, 2.24) is 0 Å². The summed E-state index contributed by atoms with van der Waals surface area (Å²) in [7, 11) is 3.13. The van der Waals surface area contributed by atoms with E-state index in [4.69, 9.17) is 21.1 Å². The standard InChI is InChI=1S/C13H13ClO3/c1-7-6-10(16-2)12-9(15)5-4-8(14)11(12)13(7)17-3/h4-6,15H,1-3H3. The summed E-state index contributed by atoms with van der Waals surface area (Å²) in [5, 5.41) is 11.7. The van der Waals surface area contributed by atoms with Crippen molar-refractivity contribution in [3.05, 3.63) is 28.8 Å². The number of ether oxygens (including phenoxy) is 2. The summed E-state index contributed by atoms with van der Waals surface area (Å²) in [5.74, 6) is 1.36. The molecule has 2 rings (SSSR count). The summed E-state index contributed by atoms with van der Waals surface area (Å²) in [4.78, 5) is 0. The lowest BCUT2D eigenvalue weighted by molar-refractivity contribution is 0.405. The van der Waals surface area contributed by atoms with E-state index < -0.39 is 0 Å². The molecule has 0 heterocycles. The van der Waals surface area contributed by atoms with Crippen LogP contribution < -0.4 is 9.47 Å². The maximum absolute atomic E-state index is 9.92. The molecule has 2 aromatic carbocycles. The van der Waals surface area contributed by atoms with Gasteiger partial charge in [-0.1, -0.05) is 11.6 Å². The van der Waals surface area contributed by atoms with Crippen LogP contribution in [0.3, 0.4) is 0 Å². The van der Waals surface area contributed by atoms with Crippen LogP contribution in [0.2, 0.25) is 5.02 Å². The van der Waals surface area contributed by atoms with Gasteiger partial charge < -0.3 is 14.6 Å². The Balaban J connectivity index is 3.02. The van der Waals surface area contributed by atoms with E-state index >= 15 is 0 Å². The number of fused-ring (bicyclic) bond motifs is 1. The second-order valence-corrected chi connectivity index (χ2v) is 4.15. The van der Waals surface area contributed by atoms with Gasteiger partial charge in [-0.05, 0) is 30.7 Å². The smallest absolute Gasteiger partial charge is 0.131 e. The second-order valence-electron chi connectivity index (χ2n) is 3.75. The van der Waals surface area contributed by atoms with E-state index in [0.717, 1.165) is 5.56 Å². The molecule has 3 nitrogen and oxygen atoms in total. The number of hydrogen-bond donors (Lipinski definition) is 1. The number of hydrogen-bond acceptors (Lipinski definition) is 3. The Morgan fingerprint density at radius 3 is 2.41 bits per heavy atom. The number of benzene rings is 2. The monoisotopic (exact) mass is 252 g/mol. The van der Waals surface area contributed by atoms with E-state index in [0.29, 0.717) is 27.3 Å². The summed E-state index contributed by atoms with van der Waals surface area (Å²) >= 11 is 6.17. The van der Waals surface area contributed by atoms with Gasteiger partial charge in [-0.25, -0.2) is 0 Å². The zero-order valence-corrected chi connectivity index (χ0v) is 10.6. The molecular weight excluding hydrogens is 240 g/mol. The van der Waals surface area contributed by atoms with E-state index in [2.05, 4.69) is 0 Å². The number of methoxy groups -OCH3 is 2. The molecule has 0 unspecified atom stereocenters. The number of halogens is 1. The van der Waals surface area contributed by atoms with Crippen LogP contribution in [-0.2, 0) is 0 Å². The van der Waals surface area contributed by atoms with Gasteiger partial charge in [0.1, 0.15) is 17.2 Å². The lowest BCUT2D eigenvalue weighted by Crippen LogP contribution is -1.93. The Morgan fingerprint density at radius 1 is 1.12 bits per heavy atom. The van der Waals surface area contributed by atoms with Gasteiger partial charge in [-0.15, -0.1) is 0 Å². The van der Waals surface area contributed by atoms with E-state index in [1.807, 2.05) is 13.0 Å². The van der Waals surface area contributed by atoms with Crippen molar-refractivity contribution in [1.29, 1.82) is 0 Å². The summed E-state index contributed by atoms with van der Waals surface area (Å²) in [6.45, 7) is 1.90. The zero-order valence-electron chi connectivity index (χ0n) is 9.87. The lowest BCUT2D eigenvalue weighted by Gasteiger charge is -2.14. The highest BCUT2D eigenvalue weighted by molar-refractivity contribution is 6.36. The Hall–Kier alpha value is -1.61. The predicted molar refractivity (Wildman–Crippen MR) is 68.5 cm³/mol. The number of aryl methyl sites for hydroxylation is 1. The highest BCUT2D eigenvalue weighted by Gasteiger charge is 2.16. The van der Waals surface area contributed by atoms with Gasteiger partial charge in [0.25, 0.3) is 0 Å². The molecule has 2 aromatic rings. The molecule has 0 saturated heterocycles. The van der Waals surface area contributed by atoms with Crippen LogP contribution in [0.5, 0.6) is 17.2 Å². The minimum absolute atomic E-state index is 0.125. The van der Waals surface area contributed by atoms with Gasteiger partial charge in [-0.2, -0.15) is 0 Å². The molecule has 0 radical (unpaired) electrons. The van der Waals surface area contributed by atoms with Gasteiger partial charge in [-0.3, -0.25) is 0 Å². The molecule has 90 valence electrons. The van der Waals surface area contributed by atoms with Crippen LogP contribution in [0.1, 0.15) is 5.56 Å². The molecule has 0 aliphatic carbocycles. The first kappa shape index (κ1) is 11.9. The van der Waals surface area contributed by atoms with E-state index in [9.17, 15) is 5.11 Å². The summed E-state index contributed by atoms with van der Waals surface area (Å²) in [6, 6.07) is 5.00. The van der Waals surface area contributed by atoms with Crippen molar-refractivity contribution < 1.29 is 14.6 Å². The van der Waals surface area contributed by atoms with E-state index in [1.54, 1.807) is 26.4 Å². The van der Waals surface area contributed by atoms with Crippen LogP contribution in [0.4, 0.5) is 0 Å². The molecule has 0 amide bonds. The number of phenols is 1. The third-order valence-electron chi connectivity index (χ3n) is 2.74. The number of aromatic hydroxyl groups is 1. The van der Waals surface area contributed by atoms with Crippen molar-refractivity contribution in [2.45, 2.75) is 6.92 Å². The molecule has 0 aromatic heterocycles. The van der Waals surface area contributed by atoms with Crippen molar-refractivity contribution in [3.63, 3.8) is 0 Å². The molecule has 17 heavy (non-hydrogen) atoms. The minimum Gasteiger partial charge on any atom is -0.507 e. The Kier molecular flexibility index (Phi) is 3.03. The summed E-state index contributed by atoms with van der Waals surface area (Å²) in [6.07, 6.45) is 0. The first-order chi connectivity index (χ1) is 8.10. The van der Waals surface area contributed by atoms with Crippen LogP contribution in [0.25, 0.3) is 10.8 Å². The van der Waals surface area contributed by atoms with Crippen LogP contribution in [-0.4, -0.2) is 19.3 Å². The maximum Gasteiger partial charge on any atom is 0.131 e. The molecule has 0 aliphatic heterocycles. The quantitative estimate of drug-likeness (QED) is 0.889. The van der Waals surface area contributed by atoms with Gasteiger partial charge in [0.15, 0.2) is 0 Å². The van der Waals surface area contributed by atoms with E-state index in [1.165, 1.54) is 0 Å². The fourth-order valence-electron chi connectivity index (χ4n) is 1.99. The summed E-state index contributed by atoms with van der Waals surface area (Å²) in [5.41, 5.74) is 0.907. The molecule has 0 fully saturated rings. The predicted octanol–water partition coefficient (Wildman–Crippen LogP) is 3.52. The molecule has 0 saturated carbocycles. The van der Waals surface area contributed by atoms with Gasteiger partial charge in [0.2, 0.25) is 0 Å². The molecular formula is C13H13ClO3. The Bertz CT molecular complexity index is 579. The zero-order chi connectivity index (χ0) is 12.6. The molecule has 1 N–H and O–H groups in total. The van der Waals surface area contributed by atoms with Crippen molar-refractivity contribution in [3.8, 4) is 17.2 Å². The average molecular weight is 253 g/mol. The lowest BCUT2D eigenvalue weighted by atomic mass is 10.0. The summed E-state index contributed by atoms with van der Waals surface area (Å²) < 4.78 is 10.6. The Morgan fingerprint density at radius 2 is 1.82 bits per heavy atom. The third kappa shape index (κ3) is 1.76.